The van der Waals surface area contributed by atoms with E-state index in [1.54, 1.807) is 11.3 Å². The molecule has 2 rings (SSSR count). The molecule has 0 aliphatic carbocycles. The Morgan fingerprint density at radius 1 is 1.26 bits per heavy atom. The van der Waals surface area contributed by atoms with Gasteiger partial charge in [-0.2, -0.15) is 11.3 Å². The van der Waals surface area contributed by atoms with Crippen LogP contribution in [-0.2, 0) is 13.1 Å². The third-order valence-electron chi connectivity index (χ3n) is 3.48. The highest BCUT2D eigenvalue weighted by atomic mass is 32.1. The summed E-state index contributed by atoms with van der Waals surface area (Å²) in [4.78, 5) is 3.79. The number of aliphatic hydroxyl groups is 1. The van der Waals surface area contributed by atoms with Gasteiger partial charge in [0.2, 0.25) is 0 Å². The number of hydrogen-bond donors (Lipinski definition) is 1. The average molecular weight is 295 g/mol. The number of aliphatic hydroxyl groups excluding tert-OH is 1. The molecule has 1 atom stereocenters. The number of thiophene rings is 2. The molecule has 0 spiro atoms. The van der Waals surface area contributed by atoms with Crippen LogP contribution in [0.15, 0.2) is 28.3 Å². The fourth-order valence-electron chi connectivity index (χ4n) is 2.18. The monoisotopic (exact) mass is 295 g/mol. The second-order valence-corrected chi connectivity index (χ2v) is 6.59. The number of rotatable bonds is 7. The zero-order valence-corrected chi connectivity index (χ0v) is 13.1. The van der Waals surface area contributed by atoms with Crippen molar-refractivity contribution >= 4 is 22.7 Å². The number of nitrogens with zero attached hydrogens (tertiary/aromatic N) is 1. The predicted octanol–water partition coefficient (Wildman–Crippen LogP) is 3.89. The van der Waals surface area contributed by atoms with Crippen LogP contribution < -0.4 is 0 Å². The van der Waals surface area contributed by atoms with Gasteiger partial charge in [0, 0.05) is 24.0 Å². The minimum atomic E-state index is 0.227. The summed E-state index contributed by atoms with van der Waals surface area (Å²) in [5.74, 6) is 0. The van der Waals surface area contributed by atoms with Crippen molar-refractivity contribution in [3.63, 3.8) is 0 Å². The second kappa shape index (κ2) is 7.20. The van der Waals surface area contributed by atoms with Crippen LogP contribution in [0, 0.1) is 6.92 Å². The van der Waals surface area contributed by atoms with E-state index in [4.69, 9.17) is 0 Å². The lowest BCUT2D eigenvalue weighted by Gasteiger charge is -2.29. The summed E-state index contributed by atoms with van der Waals surface area (Å²) in [5, 5.41) is 16.0. The van der Waals surface area contributed by atoms with Gasteiger partial charge in [0.05, 0.1) is 6.61 Å². The molecule has 0 saturated heterocycles. The Kier molecular flexibility index (Phi) is 5.58. The van der Waals surface area contributed by atoms with E-state index in [0.717, 1.165) is 19.5 Å². The van der Waals surface area contributed by atoms with Crippen LogP contribution in [0.4, 0.5) is 0 Å². The maximum atomic E-state index is 9.59. The third-order valence-corrected chi connectivity index (χ3v) is 5.22. The molecule has 0 radical (unpaired) electrons. The third kappa shape index (κ3) is 3.89. The molecule has 0 aliphatic heterocycles. The molecule has 4 heteroatoms. The van der Waals surface area contributed by atoms with E-state index in [-0.39, 0.29) is 12.6 Å². The quantitative estimate of drug-likeness (QED) is 0.837. The Morgan fingerprint density at radius 3 is 2.63 bits per heavy atom. The SMILES string of the molecule is CC[C@@H](CO)N(Cc1ccsc1)Cc1sccc1C. The zero-order chi connectivity index (χ0) is 13.7. The molecule has 19 heavy (non-hydrogen) atoms. The molecule has 0 amide bonds. The Bertz CT molecular complexity index is 474. The van der Waals surface area contributed by atoms with Crippen molar-refractivity contribution < 1.29 is 5.11 Å². The summed E-state index contributed by atoms with van der Waals surface area (Å²) in [6.07, 6.45) is 0.977. The van der Waals surface area contributed by atoms with E-state index in [0.29, 0.717) is 0 Å². The van der Waals surface area contributed by atoms with Gasteiger partial charge in [0.25, 0.3) is 0 Å². The molecule has 1 N–H and O–H groups in total. The lowest BCUT2D eigenvalue weighted by molar-refractivity contribution is 0.107. The first-order chi connectivity index (χ1) is 9.24. The molecule has 2 aromatic heterocycles. The highest BCUT2D eigenvalue weighted by Gasteiger charge is 2.18. The van der Waals surface area contributed by atoms with Crippen LogP contribution in [0.5, 0.6) is 0 Å². The fourth-order valence-corrected chi connectivity index (χ4v) is 3.78. The largest absolute Gasteiger partial charge is 0.395 e. The van der Waals surface area contributed by atoms with E-state index in [1.165, 1.54) is 16.0 Å². The standard InChI is InChI=1S/C15H21NOS2/c1-3-14(10-17)16(8-13-5-6-18-11-13)9-15-12(2)4-7-19-15/h4-7,11,14,17H,3,8-10H2,1-2H3/t14-/m0/s1. The van der Waals surface area contributed by atoms with Gasteiger partial charge in [0.1, 0.15) is 0 Å². The Balaban J connectivity index is 2.11. The Hall–Kier alpha value is -0.680. The van der Waals surface area contributed by atoms with Crippen LogP contribution in [0.3, 0.4) is 0 Å². The predicted molar refractivity (Wildman–Crippen MR) is 83.8 cm³/mol. The van der Waals surface area contributed by atoms with Crippen LogP contribution in [0.25, 0.3) is 0 Å². The summed E-state index contributed by atoms with van der Waals surface area (Å²) in [6.45, 7) is 6.38. The maximum absolute atomic E-state index is 9.59. The van der Waals surface area contributed by atoms with Crippen molar-refractivity contribution in [2.24, 2.45) is 0 Å². The summed E-state index contributed by atoms with van der Waals surface area (Å²) >= 11 is 3.54. The minimum absolute atomic E-state index is 0.227. The molecule has 0 aliphatic rings. The van der Waals surface area contributed by atoms with E-state index >= 15 is 0 Å². The molecule has 0 aromatic carbocycles. The zero-order valence-electron chi connectivity index (χ0n) is 11.5. The normalized spacial score (nSPS) is 13.1. The van der Waals surface area contributed by atoms with Crippen LogP contribution in [0.2, 0.25) is 0 Å². The van der Waals surface area contributed by atoms with Gasteiger partial charge in [0.15, 0.2) is 0 Å². The first kappa shape index (κ1) is 14.7. The Labute approximate surface area is 123 Å². The van der Waals surface area contributed by atoms with Crippen molar-refractivity contribution in [3.05, 3.63) is 44.3 Å². The molecular formula is C15H21NOS2. The fraction of sp³-hybridized carbons (Fsp3) is 0.467. The first-order valence-corrected chi connectivity index (χ1v) is 8.45. The summed E-state index contributed by atoms with van der Waals surface area (Å²) in [7, 11) is 0. The summed E-state index contributed by atoms with van der Waals surface area (Å²) in [6, 6.07) is 4.58. The molecule has 0 bridgehead atoms. The smallest absolute Gasteiger partial charge is 0.0587 e. The topological polar surface area (TPSA) is 23.5 Å². The molecule has 0 unspecified atom stereocenters. The molecular weight excluding hydrogens is 274 g/mol. The van der Waals surface area contributed by atoms with Crippen LogP contribution in [-0.4, -0.2) is 22.7 Å². The molecule has 2 heterocycles. The maximum Gasteiger partial charge on any atom is 0.0587 e. The van der Waals surface area contributed by atoms with E-state index < -0.39 is 0 Å². The van der Waals surface area contributed by atoms with Gasteiger partial charge in [-0.25, -0.2) is 0 Å². The van der Waals surface area contributed by atoms with E-state index in [1.807, 2.05) is 11.3 Å². The number of aryl methyl sites for hydroxylation is 1. The second-order valence-electron chi connectivity index (χ2n) is 4.81. The van der Waals surface area contributed by atoms with E-state index in [2.05, 4.69) is 47.0 Å². The highest BCUT2D eigenvalue weighted by molar-refractivity contribution is 7.10. The highest BCUT2D eigenvalue weighted by Crippen LogP contribution is 2.22. The summed E-state index contributed by atoms with van der Waals surface area (Å²) in [5.41, 5.74) is 2.69. The van der Waals surface area contributed by atoms with Gasteiger partial charge in [-0.05, 0) is 52.7 Å². The Morgan fingerprint density at radius 2 is 2.11 bits per heavy atom. The molecule has 2 nitrogen and oxygen atoms in total. The average Bonchev–Trinajstić information content (AvgIpc) is 3.04. The molecule has 104 valence electrons. The van der Waals surface area contributed by atoms with Crippen molar-refractivity contribution in [3.8, 4) is 0 Å². The lowest BCUT2D eigenvalue weighted by atomic mass is 10.1. The number of hydrogen-bond acceptors (Lipinski definition) is 4. The summed E-state index contributed by atoms with van der Waals surface area (Å²) < 4.78 is 0. The van der Waals surface area contributed by atoms with Crippen molar-refractivity contribution in [2.75, 3.05) is 6.61 Å². The molecule has 2 aromatic rings. The first-order valence-electron chi connectivity index (χ1n) is 6.63. The van der Waals surface area contributed by atoms with Crippen molar-refractivity contribution in [1.82, 2.24) is 4.90 Å². The molecule has 0 fully saturated rings. The van der Waals surface area contributed by atoms with Crippen LogP contribution in [0.1, 0.15) is 29.3 Å². The van der Waals surface area contributed by atoms with Gasteiger partial charge in [-0.15, -0.1) is 11.3 Å². The van der Waals surface area contributed by atoms with Gasteiger partial charge in [-0.1, -0.05) is 6.92 Å². The van der Waals surface area contributed by atoms with Gasteiger partial charge in [-0.3, -0.25) is 4.90 Å². The van der Waals surface area contributed by atoms with Crippen LogP contribution >= 0.6 is 22.7 Å². The molecule has 0 saturated carbocycles. The van der Waals surface area contributed by atoms with Crippen molar-refractivity contribution in [2.45, 2.75) is 39.4 Å². The minimum Gasteiger partial charge on any atom is -0.395 e. The van der Waals surface area contributed by atoms with E-state index in [9.17, 15) is 5.11 Å². The lowest BCUT2D eigenvalue weighted by Crippen LogP contribution is -2.36. The van der Waals surface area contributed by atoms with Gasteiger partial charge < -0.3 is 5.11 Å². The van der Waals surface area contributed by atoms with Crippen molar-refractivity contribution in [1.29, 1.82) is 0 Å². The van der Waals surface area contributed by atoms with Gasteiger partial charge >= 0.3 is 0 Å².